The van der Waals surface area contributed by atoms with Crippen molar-refractivity contribution in [1.82, 2.24) is 10.3 Å². The molecule has 6 heteroatoms. The van der Waals surface area contributed by atoms with Gasteiger partial charge >= 0.3 is 0 Å². The normalized spacial score (nSPS) is 10.5. The van der Waals surface area contributed by atoms with Gasteiger partial charge in [-0.1, -0.05) is 23.7 Å². The van der Waals surface area contributed by atoms with Gasteiger partial charge in [0.05, 0.1) is 17.4 Å². The Balaban J connectivity index is 2.13. The van der Waals surface area contributed by atoms with E-state index in [0.717, 1.165) is 5.56 Å². The highest BCUT2D eigenvalue weighted by Crippen LogP contribution is 2.17. The number of anilines is 1. The molecule has 3 N–H and O–H groups in total. The second-order valence-electron chi connectivity index (χ2n) is 4.83. The smallest absolute Gasteiger partial charge is 0.254 e. The van der Waals surface area contributed by atoms with E-state index >= 15 is 0 Å². The molecule has 0 saturated carbocycles. The molecule has 0 radical (unpaired) electrons. The topological polar surface area (TPSA) is 68.0 Å². The molecule has 0 aliphatic heterocycles. The molecular formula is C15H15ClFN3O. The first-order chi connectivity index (χ1) is 9.88. The van der Waals surface area contributed by atoms with Crippen molar-refractivity contribution in [3.63, 3.8) is 0 Å². The van der Waals surface area contributed by atoms with Gasteiger partial charge in [-0.3, -0.25) is 4.79 Å². The second-order valence-corrected chi connectivity index (χ2v) is 5.19. The van der Waals surface area contributed by atoms with Crippen molar-refractivity contribution in [1.29, 1.82) is 0 Å². The molecule has 4 nitrogen and oxygen atoms in total. The lowest BCUT2D eigenvalue weighted by molar-refractivity contribution is 0.0950. The fraction of sp³-hybridized carbons (Fsp3) is 0.200. The Kier molecular flexibility index (Phi) is 4.43. The lowest BCUT2D eigenvalue weighted by Gasteiger charge is -2.09. The van der Waals surface area contributed by atoms with Gasteiger partial charge in [0.2, 0.25) is 0 Å². The minimum Gasteiger partial charge on any atom is -0.397 e. The zero-order valence-electron chi connectivity index (χ0n) is 11.7. The van der Waals surface area contributed by atoms with E-state index in [-0.39, 0.29) is 29.0 Å². The molecule has 1 aromatic heterocycles. The molecule has 0 bridgehead atoms. The third kappa shape index (κ3) is 3.49. The molecule has 0 spiro atoms. The minimum atomic E-state index is -0.376. The number of benzene rings is 1. The van der Waals surface area contributed by atoms with Gasteiger partial charge in [-0.2, -0.15) is 0 Å². The van der Waals surface area contributed by atoms with Crippen LogP contribution in [0.5, 0.6) is 0 Å². The number of aryl methyl sites for hydroxylation is 2. The zero-order chi connectivity index (χ0) is 15.6. The molecule has 1 aromatic carbocycles. The average molecular weight is 308 g/mol. The van der Waals surface area contributed by atoms with Gasteiger partial charge < -0.3 is 11.1 Å². The summed E-state index contributed by atoms with van der Waals surface area (Å²) in [5.74, 6) is -0.604. The van der Waals surface area contributed by atoms with Crippen LogP contribution >= 0.6 is 11.6 Å². The SMILES string of the molecule is Cc1cc(CNC(=O)c2cc(N)cnc2Cl)cc(C)c1F. The Bertz CT molecular complexity index is 680. The molecule has 0 fully saturated rings. The average Bonchev–Trinajstić information content (AvgIpc) is 2.44. The number of nitrogens with one attached hydrogen (secondary N) is 1. The molecule has 21 heavy (non-hydrogen) atoms. The summed E-state index contributed by atoms with van der Waals surface area (Å²) in [6.45, 7) is 3.64. The zero-order valence-corrected chi connectivity index (χ0v) is 12.5. The highest BCUT2D eigenvalue weighted by Gasteiger charge is 2.12. The van der Waals surface area contributed by atoms with E-state index in [1.54, 1.807) is 26.0 Å². The van der Waals surface area contributed by atoms with Crippen molar-refractivity contribution < 1.29 is 9.18 Å². The maximum absolute atomic E-state index is 13.5. The van der Waals surface area contributed by atoms with Crippen LogP contribution in [0.15, 0.2) is 24.4 Å². The van der Waals surface area contributed by atoms with Crippen molar-refractivity contribution in [2.75, 3.05) is 5.73 Å². The Morgan fingerprint density at radius 1 is 1.33 bits per heavy atom. The van der Waals surface area contributed by atoms with Crippen LogP contribution in [0.4, 0.5) is 10.1 Å². The monoisotopic (exact) mass is 307 g/mol. The van der Waals surface area contributed by atoms with Crippen molar-refractivity contribution >= 4 is 23.2 Å². The Hall–Kier alpha value is -2.14. The van der Waals surface area contributed by atoms with Gasteiger partial charge in [-0.05, 0) is 36.6 Å². The molecule has 1 heterocycles. The predicted molar refractivity (Wildman–Crippen MR) is 80.7 cm³/mol. The van der Waals surface area contributed by atoms with E-state index in [4.69, 9.17) is 17.3 Å². The minimum absolute atomic E-state index is 0.0909. The highest BCUT2D eigenvalue weighted by molar-refractivity contribution is 6.32. The summed E-state index contributed by atoms with van der Waals surface area (Å²) in [4.78, 5) is 15.9. The summed E-state index contributed by atoms with van der Waals surface area (Å²) in [5, 5.41) is 2.81. The number of hydrogen-bond acceptors (Lipinski definition) is 3. The van der Waals surface area contributed by atoms with Crippen LogP contribution in [0.2, 0.25) is 5.15 Å². The molecule has 2 rings (SSSR count). The maximum atomic E-state index is 13.5. The number of rotatable bonds is 3. The van der Waals surface area contributed by atoms with Crippen LogP contribution in [-0.4, -0.2) is 10.9 Å². The summed E-state index contributed by atoms with van der Waals surface area (Å²) in [5.41, 5.74) is 8.06. The lowest BCUT2D eigenvalue weighted by Crippen LogP contribution is -2.23. The van der Waals surface area contributed by atoms with E-state index in [1.165, 1.54) is 12.3 Å². The maximum Gasteiger partial charge on any atom is 0.254 e. The molecular weight excluding hydrogens is 293 g/mol. The fourth-order valence-electron chi connectivity index (χ4n) is 2.04. The largest absolute Gasteiger partial charge is 0.397 e. The second kappa shape index (κ2) is 6.10. The van der Waals surface area contributed by atoms with Crippen LogP contribution in [0.1, 0.15) is 27.0 Å². The lowest BCUT2D eigenvalue weighted by atomic mass is 10.1. The number of carbonyl (C=O) groups excluding carboxylic acids is 1. The summed E-state index contributed by atoms with van der Waals surface area (Å²) in [6, 6.07) is 4.86. The van der Waals surface area contributed by atoms with Crippen molar-refractivity contribution in [2.45, 2.75) is 20.4 Å². The van der Waals surface area contributed by atoms with Gasteiger partial charge in [0, 0.05) is 6.54 Å². The van der Waals surface area contributed by atoms with Gasteiger partial charge in [0.15, 0.2) is 0 Å². The van der Waals surface area contributed by atoms with Gasteiger partial charge in [0.25, 0.3) is 5.91 Å². The summed E-state index contributed by atoms with van der Waals surface area (Å²) >= 11 is 5.87. The molecule has 1 amide bonds. The number of pyridine rings is 1. The van der Waals surface area contributed by atoms with Crippen molar-refractivity contribution in [2.24, 2.45) is 0 Å². The quantitative estimate of drug-likeness (QED) is 0.857. The molecule has 110 valence electrons. The highest BCUT2D eigenvalue weighted by atomic mass is 35.5. The Morgan fingerprint density at radius 2 is 1.95 bits per heavy atom. The van der Waals surface area contributed by atoms with Crippen LogP contribution < -0.4 is 11.1 Å². The fourth-order valence-corrected chi connectivity index (χ4v) is 2.23. The first-order valence-corrected chi connectivity index (χ1v) is 6.71. The van der Waals surface area contributed by atoms with Crippen molar-refractivity contribution in [3.8, 4) is 0 Å². The number of aromatic nitrogens is 1. The molecule has 2 aromatic rings. The van der Waals surface area contributed by atoms with E-state index in [2.05, 4.69) is 10.3 Å². The number of nitrogens with zero attached hydrogens (tertiary/aromatic N) is 1. The van der Waals surface area contributed by atoms with Crippen LogP contribution in [-0.2, 0) is 6.54 Å². The van der Waals surface area contributed by atoms with Gasteiger partial charge in [-0.25, -0.2) is 9.37 Å². The molecule has 0 atom stereocenters. The van der Waals surface area contributed by atoms with E-state index in [9.17, 15) is 9.18 Å². The molecule has 0 unspecified atom stereocenters. The first-order valence-electron chi connectivity index (χ1n) is 6.33. The molecule has 0 aliphatic rings. The van der Waals surface area contributed by atoms with E-state index in [1.807, 2.05) is 0 Å². The predicted octanol–water partition coefficient (Wildman–Crippen LogP) is 3.00. The third-order valence-electron chi connectivity index (χ3n) is 3.05. The Labute approximate surface area is 127 Å². The third-order valence-corrected chi connectivity index (χ3v) is 3.36. The summed E-state index contributed by atoms with van der Waals surface area (Å²) < 4.78 is 13.5. The summed E-state index contributed by atoms with van der Waals surface area (Å²) in [7, 11) is 0. The van der Waals surface area contributed by atoms with Crippen LogP contribution in [0.25, 0.3) is 0 Å². The van der Waals surface area contributed by atoms with E-state index in [0.29, 0.717) is 16.8 Å². The number of halogens is 2. The van der Waals surface area contributed by atoms with E-state index < -0.39 is 0 Å². The van der Waals surface area contributed by atoms with Crippen LogP contribution in [0, 0.1) is 19.7 Å². The number of carbonyl (C=O) groups is 1. The standard InChI is InChI=1S/C15H15ClFN3O/c1-8-3-10(4-9(2)13(8)17)6-20-15(21)12-5-11(18)7-19-14(12)16/h3-5,7H,6,18H2,1-2H3,(H,20,21). The Morgan fingerprint density at radius 3 is 2.57 bits per heavy atom. The number of nitrogen functional groups attached to an aromatic ring is 1. The van der Waals surface area contributed by atoms with Gasteiger partial charge in [0.1, 0.15) is 11.0 Å². The molecule has 0 saturated heterocycles. The van der Waals surface area contributed by atoms with Crippen molar-refractivity contribution in [3.05, 3.63) is 57.6 Å². The van der Waals surface area contributed by atoms with Gasteiger partial charge in [-0.15, -0.1) is 0 Å². The molecule has 0 aliphatic carbocycles. The number of amides is 1. The summed E-state index contributed by atoms with van der Waals surface area (Å²) in [6.07, 6.45) is 1.38. The first kappa shape index (κ1) is 15.3. The van der Waals surface area contributed by atoms with Crippen LogP contribution in [0.3, 0.4) is 0 Å². The number of nitrogens with two attached hydrogens (primary N) is 1. The number of hydrogen-bond donors (Lipinski definition) is 2.